The van der Waals surface area contributed by atoms with Crippen LogP contribution in [0.15, 0.2) is 0 Å². The summed E-state index contributed by atoms with van der Waals surface area (Å²) >= 11 is -0.826. The fourth-order valence-electron chi connectivity index (χ4n) is 2.90. The first-order valence-electron chi connectivity index (χ1n) is 6.06. The first-order chi connectivity index (χ1) is 7.23. The molecule has 17 heavy (non-hydrogen) atoms. The third-order valence-electron chi connectivity index (χ3n) is 3.21. The normalized spacial score (nSPS) is 16.6. The zero-order valence-corrected chi connectivity index (χ0v) is 17.2. The molecule has 0 radical (unpaired) electrons. The van der Waals surface area contributed by atoms with Gasteiger partial charge in [-0.05, 0) is 0 Å². The van der Waals surface area contributed by atoms with Crippen LogP contribution in [0.4, 0.5) is 0 Å². The standard InChI is InChI=1S/C12H25Si.CH3.2ClH.Zr/c1-12(2,3)10-13(4,5)11-8-6-7-9-11;;;;/h10-11H,6-9H2,1-5H3;1H3;2*1H;/q2*-1;;;+4/p-2. The van der Waals surface area contributed by atoms with E-state index in [1.165, 1.54) is 25.7 Å². The number of hydrogen-bond donors (Lipinski definition) is 0. The molecule has 0 heterocycles. The van der Waals surface area contributed by atoms with Gasteiger partial charge in [-0.15, -0.1) is 0 Å². The molecule has 0 spiro atoms. The van der Waals surface area contributed by atoms with Crippen molar-refractivity contribution in [2.45, 2.75) is 65.1 Å². The molecule has 1 aliphatic rings. The van der Waals surface area contributed by atoms with Crippen molar-refractivity contribution in [1.82, 2.24) is 0 Å². The minimum atomic E-state index is -1.03. The Hall–Kier alpha value is 1.68. The van der Waals surface area contributed by atoms with Gasteiger partial charge < -0.3 is 13.5 Å². The monoisotopic (exact) mass is 372 g/mol. The van der Waals surface area contributed by atoms with E-state index >= 15 is 0 Å². The van der Waals surface area contributed by atoms with Gasteiger partial charge in [0.15, 0.2) is 0 Å². The molecule has 0 aliphatic heterocycles. The second-order valence-corrected chi connectivity index (χ2v) is 14.9. The summed E-state index contributed by atoms with van der Waals surface area (Å²) in [6.07, 6.45) is 5.98. The molecule has 0 aromatic carbocycles. The Morgan fingerprint density at radius 1 is 1.12 bits per heavy atom. The summed E-state index contributed by atoms with van der Waals surface area (Å²) in [6, 6.07) is 2.69. The third kappa shape index (κ3) is 10.2. The molecule has 0 unspecified atom stereocenters. The minimum absolute atomic E-state index is 0. The average molecular weight is 375 g/mol. The Kier molecular flexibility index (Phi) is 11.8. The molecule has 1 fully saturated rings. The van der Waals surface area contributed by atoms with Gasteiger partial charge in [-0.25, -0.2) is 0 Å². The van der Waals surface area contributed by atoms with Crippen LogP contribution in [-0.4, -0.2) is 8.07 Å². The first kappa shape index (κ1) is 21.0. The van der Waals surface area contributed by atoms with Gasteiger partial charge in [0.05, 0.1) is 0 Å². The van der Waals surface area contributed by atoms with Crippen LogP contribution in [0, 0.1) is 18.9 Å². The quantitative estimate of drug-likeness (QED) is 0.395. The Morgan fingerprint density at radius 2 is 1.47 bits per heavy atom. The predicted molar refractivity (Wildman–Crippen MR) is 81.6 cm³/mol. The Bertz CT molecular complexity index is 184. The van der Waals surface area contributed by atoms with Gasteiger partial charge in [0.25, 0.3) is 0 Å². The molecule has 1 aliphatic carbocycles. The molecule has 1 saturated carbocycles. The van der Waals surface area contributed by atoms with Gasteiger partial charge >= 0.3 is 37.9 Å². The van der Waals surface area contributed by atoms with E-state index in [0.29, 0.717) is 5.41 Å². The van der Waals surface area contributed by atoms with Crippen molar-refractivity contribution >= 4 is 25.1 Å². The van der Waals surface area contributed by atoms with Crippen LogP contribution in [0.25, 0.3) is 0 Å². The maximum atomic E-state index is 4.93. The van der Waals surface area contributed by atoms with Crippen molar-refractivity contribution in [3.8, 4) is 0 Å². The number of hydrogen-bond acceptors (Lipinski definition) is 0. The molecule has 0 atom stereocenters. The molecular formula is C13H28Cl2SiZr. The zero-order chi connectivity index (χ0) is 12.8. The van der Waals surface area contributed by atoms with Crippen LogP contribution < -0.4 is 0 Å². The van der Waals surface area contributed by atoms with Gasteiger partial charge in [-0.2, -0.15) is 5.41 Å². The summed E-state index contributed by atoms with van der Waals surface area (Å²) in [5.74, 6) is 0. The van der Waals surface area contributed by atoms with Crippen LogP contribution in [0.1, 0.15) is 46.5 Å². The van der Waals surface area contributed by atoms with Gasteiger partial charge in [0.1, 0.15) is 0 Å². The topological polar surface area (TPSA) is 0 Å². The third-order valence-corrected chi connectivity index (χ3v) is 7.50. The van der Waals surface area contributed by atoms with Crippen molar-refractivity contribution in [2.24, 2.45) is 5.41 Å². The van der Waals surface area contributed by atoms with Gasteiger partial charge in [-0.3, -0.25) is 0 Å². The summed E-state index contributed by atoms with van der Waals surface area (Å²) in [5, 5.41) is 0. The predicted octanol–water partition coefficient (Wildman–Crippen LogP) is 6.26. The molecule has 0 aromatic heterocycles. The number of rotatable bonds is 2. The van der Waals surface area contributed by atoms with Crippen molar-refractivity contribution in [1.29, 1.82) is 0 Å². The second kappa shape index (κ2) is 9.56. The summed E-state index contributed by atoms with van der Waals surface area (Å²) in [4.78, 5) is 0. The first-order valence-corrected chi connectivity index (χ1v) is 15.5. The Labute approximate surface area is 129 Å². The second-order valence-electron chi connectivity index (χ2n) is 6.38. The van der Waals surface area contributed by atoms with Crippen LogP contribution in [-0.2, 0) is 20.8 Å². The van der Waals surface area contributed by atoms with Crippen LogP contribution in [0.5, 0.6) is 0 Å². The molecule has 1 rings (SSSR count). The summed E-state index contributed by atoms with van der Waals surface area (Å²) in [7, 11) is 8.84. The van der Waals surface area contributed by atoms with E-state index in [2.05, 4.69) is 39.9 Å². The van der Waals surface area contributed by atoms with Crippen molar-refractivity contribution in [2.75, 3.05) is 0 Å². The van der Waals surface area contributed by atoms with E-state index in [-0.39, 0.29) is 7.43 Å². The van der Waals surface area contributed by atoms with E-state index in [1.54, 1.807) is 0 Å². The van der Waals surface area contributed by atoms with Crippen LogP contribution >= 0.6 is 17.0 Å². The molecule has 0 saturated heterocycles. The molecule has 102 valence electrons. The van der Waals surface area contributed by atoms with Crippen LogP contribution in [0.3, 0.4) is 0 Å². The molecule has 0 bridgehead atoms. The van der Waals surface area contributed by atoms with Crippen molar-refractivity contribution in [3.05, 3.63) is 13.5 Å². The van der Waals surface area contributed by atoms with Crippen LogP contribution in [0.2, 0.25) is 18.6 Å². The zero-order valence-electron chi connectivity index (χ0n) is 12.2. The fourth-order valence-corrected chi connectivity index (χ4v) is 7.27. The Morgan fingerprint density at radius 3 is 1.76 bits per heavy atom. The Balaban J connectivity index is 0. The van der Waals surface area contributed by atoms with Gasteiger partial charge in [-0.1, -0.05) is 73.2 Å². The molecule has 0 amide bonds. The average Bonchev–Trinajstić information content (AvgIpc) is 2.51. The van der Waals surface area contributed by atoms with E-state index in [0.717, 1.165) is 5.54 Å². The van der Waals surface area contributed by atoms with Gasteiger partial charge in [0, 0.05) is 0 Å². The van der Waals surface area contributed by atoms with Crippen molar-refractivity contribution < 1.29 is 20.8 Å². The molecule has 4 heteroatoms. The fraction of sp³-hybridized carbons (Fsp3) is 0.846. The molecule has 0 N–H and O–H groups in total. The SMILES string of the molecule is CC(C)(C)[CH-][Si](C)(C)C1CCCC1.[CH3-].[Cl][Zr+2][Cl]. The summed E-state index contributed by atoms with van der Waals surface area (Å²) in [6.45, 7) is 12.1. The number of halogens is 2. The van der Waals surface area contributed by atoms with E-state index in [1.807, 2.05) is 0 Å². The van der Waals surface area contributed by atoms with E-state index < -0.39 is 28.9 Å². The van der Waals surface area contributed by atoms with Gasteiger partial charge in [0.2, 0.25) is 0 Å². The van der Waals surface area contributed by atoms with Crippen molar-refractivity contribution in [3.63, 3.8) is 0 Å². The summed E-state index contributed by atoms with van der Waals surface area (Å²) in [5.41, 5.74) is 1.50. The van der Waals surface area contributed by atoms with E-state index in [9.17, 15) is 0 Å². The van der Waals surface area contributed by atoms with E-state index in [4.69, 9.17) is 17.0 Å². The summed E-state index contributed by atoms with van der Waals surface area (Å²) < 4.78 is 0. The molecular weight excluding hydrogens is 346 g/mol. The molecule has 0 aromatic rings. The molecule has 0 nitrogen and oxygen atoms in total. The maximum absolute atomic E-state index is 4.93.